The van der Waals surface area contributed by atoms with E-state index in [-0.39, 0.29) is 12.3 Å². The molecule has 1 aliphatic rings. The van der Waals surface area contributed by atoms with E-state index in [0.29, 0.717) is 5.56 Å². The lowest BCUT2D eigenvalue weighted by Crippen LogP contribution is -2.54. The Bertz CT molecular complexity index is 395. The largest absolute Gasteiger partial charge is 0.481 e. The Hall–Kier alpha value is -1.36. The number of thiophene rings is 1. The summed E-state index contributed by atoms with van der Waals surface area (Å²) >= 11 is 1.46. The van der Waals surface area contributed by atoms with Gasteiger partial charge in [0.25, 0.3) is 5.91 Å². The molecule has 0 saturated heterocycles. The van der Waals surface area contributed by atoms with Crippen LogP contribution in [0.2, 0.25) is 0 Å². The van der Waals surface area contributed by atoms with Crippen molar-refractivity contribution in [3.63, 3.8) is 0 Å². The van der Waals surface area contributed by atoms with E-state index in [0.717, 1.165) is 19.3 Å². The van der Waals surface area contributed by atoms with Crippen molar-refractivity contribution in [1.29, 1.82) is 0 Å². The van der Waals surface area contributed by atoms with Gasteiger partial charge in [-0.1, -0.05) is 0 Å². The van der Waals surface area contributed by atoms with E-state index in [1.165, 1.54) is 11.3 Å². The summed E-state index contributed by atoms with van der Waals surface area (Å²) in [5.74, 6) is -1.02. The summed E-state index contributed by atoms with van der Waals surface area (Å²) < 4.78 is 0. The smallest absolute Gasteiger partial charge is 0.305 e. The summed E-state index contributed by atoms with van der Waals surface area (Å²) in [4.78, 5) is 22.5. The summed E-state index contributed by atoms with van der Waals surface area (Å²) in [6, 6.07) is 1.74. The summed E-state index contributed by atoms with van der Waals surface area (Å²) in [5, 5.41) is 15.3. The van der Waals surface area contributed by atoms with Crippen LogP contribution in [0.5, 0.6) is 0 Å². The molecule has 0 aromatic carbocycles. The van der Waals surface area contributed by atoms with Gasteiger partial charge in [-0.15, -0.1) is 0 Å². The quantitative estimate of drug-likeness (QED) is 0.843. The highest BCUT2D eigenvalue weighted by Crippen LogP contribution is 2.35. The van der Waals surface area contributed by atoms with Crippen LogP contribution in [0.25, 0.3) is 0 Å². The van der Waals surface area contributed by atoms with Crippen LogP contribution < -0.4 is 5.32 Å². The van der Waals surface area contributed by atoms with Crippen LogP contribution in [0.3, 0.4) is 0 Å². The highest BCUT2D eigenvalue weighted by molar-refractivity contribution is 7.08. The van der Waals surface area contributed by atoms with Gasteiger partial charge in [0.2, 0.25) is 0 Å². The zero-order valence-corrected chi connectivity index (χ0v) is 9.55. The molecule has 2 rings (SSSR count). The number of carboxylic acid groups (broad SMARTS) is 1. The van der Waals surface area contributed by atoms with Gasteiger partial charge in [0.15, 0.2) is 0 Å². The Morgan fingerprint density at radius 2 is 2.25 bits per heavy atom. The third kappa shape index (κ3) is 2.24. The van der Waals surface area contributed by atoms with Gasteiger partial charge >= 0.3 is 5.97 Å². The zero-order valence-electron chi connectivity index (χ0n) is 8.73. The van der Waals surface area contributed by atoms with Crippen LogP contribution in [-0.2, 0) is 4.79 Å². The lowest BCUT2D eigenvalue weighted by molar-refractivity contribution is -0.139. The highest BCUT2D eigenvalue weighted by Gasteiger charge is 2.40. The minimum atomic E-state index is -0.856. The van der Waals surface area contributed by atoms with Crippen LogP contribution in [0, 0.1) is 0 Å². The molecule has 0 spiro atoms. The predicted octanol–water partition coefficient (Wildman–Crippen LogP) is 1.88. The third-order valence-electron chi connectivity index (χ3n) is 2.96. The Morgan fingerprint density at radius 1 is 1.50 bits per heavy atom. The Morgan fingerprint density at radius 3 is 2.69 bits per heavy atom. The number of aliphatic carboxylic acids is 1. The Balaban J connectivity index is 2.02. The van der Waals surface area contributed by atoms with E-state index in [9.17, 15) is 9.59 Å². The zero-order chi connectivity index (χ0) is 11.6. The van der Waals surface area contributed by atoms with Crippen LogP contribution in [0.1, 0.15) is 36.0 Å². The first-order valence-electron chi connectivity index (χ1n) is 5.18. The van der Waals surface area contributed by atoms with Crippen molar-refractivity contribution >= 4 is 23.2 Å². The second-order valence-electron chi connectivity index (χ2n) is 4.17. The van der Waals surface area contributed by atoms with Gasteiger partial charge in [0.1, 0.15) is 0 Å². The van der Waals surface area contributed by atoms with Crippen molar-refractivity contribution in [2.24, 2.45) is 0 Å². The van der Waals surface area contributed by atoms with Crippen molar-refractivity contribution in [2.45, 2.75) is 31.2 Å². The SMILES string of the molecule is O=C(O)CC1(NC(=O)c2ccsc2)CCC1. The van der Waals surface area contributed by atoms with Crippen LogP contribution >= 0.6 is 11.3 Å². The summed E-state index contributed by atoms with van der Waals surface area (Å²) in [6.07, 6.45) is 2.52. The molecule has 0 bridgehead atoms. The lowest BCUT2D eigenvalue weighted by Gasteiger charge is -2.41. The lowest BCUT2D eigenvalue weighted by atomic mass is 9.74. The van der Waals surface area contributed by atoms with E-state index in [1.807, 2.05) is 5.38 Å². The first-order chi connectivity index (χ1) is 7.61. The van der Waals surface area contributed by atoms with Crippen molar-refractivity contribution in [2.75, 3.05) is 0 Å². The number of carbonyl (C=O) groups is 2. The average molecular weight is 239 g/mol. The van der Waals surface area contributed by atoms with Crippen molar-refractivity contribution in [1.82, 2.24) is 5.32 Å². The minimum absolute atomic E-state index is 0.0167. The number of hydrogen-bond donors (Lipinski definition) is 2. The molecule has 0 atom stereocenters. The number of hydrogen-bond acceptors (Lipinski definition) is 3. The maximum absolute atomic E-state index is 11.8. The van der Waals surface area contributed by atoms with Gasteiger partial charge in [-0.05, 0) is 30.7 Å². The predicted molar refractivity (Wildman–Crippen MR) is 60.6 cm³/mol. The second-order valence-corrected chi connectivity index (χ2v) is 4.95. The van der Waals surface area contributed by atoms with Gasteiger partial charge in [0, 0.05) is 5.38 Å². The van der Waals surface area contributed by atoms with Crippen molar-refractivity contribution < 1.29 is 14.7 Å². The fraction of sp³-hybridized carbons (Fsp3) is 0.455. The average Bonchev–Trinajstić information content (AvgIpc) is 2.66. The van der Waals surface area contributed by atoms with Gasteiger partial charge in [-0.25, -0.2) is 0 Å². The molecule has 5 heteroatoms. The molecule has 1 heterocycles. The molecule has 2 N–H and O–H groups in total. The molecule has 1 saturated carbocycles. The van der Waals surface area contributed by atoms with E-state index in [2.05, 4.69) is 5.32 Å². The molecule has 86 valence electrons. The highest BCUT2D eigenvalue weighted by atomic mass is 32.1. The maximum Gasteiger partial charge on any atom is 0.305 e. The van der Waals surface area contributed by atoms with Crippen LogP contribution in [-0.4, -0.2) is 22.5 Å². The molecule has 0 aliphatic heterocycles. The summed E-state index contributed by atoms with van der Waals surface area (Å²) in [7, 11) is 0. The topological polar surface area (TPSA) is 66.4 Å². The number of rotatable bonds is 4. The van der Waals surface area contributed by atoms with E-state index >= 15 is 0 Å². The summed E-state index contributed by atoms with van der Waals surface area (Å²) in [5.41, 5.74) is 0.104. The van der Waals surface area contributed by atoms with Crippen molar-refractivity contribution in [3.05, 3.63) is 22.4 Å². The maximum atomic E-state index is 11.8. The molecule has 1 fully saturated rings. The fourth-order valence-electron chi connectivity index (χ4n) is 1.95. The second kappa shape index (κ2) is 4.25. The third-order valence-corrected chi connectivity index (χ3v) is 3.65. The number of nitrogens with one attached hydrogen (secondary N) is 1. The molecule has 0 unspecified atom stereocenters. The van der Waals surface area contributed by atoms with Gasteiger partial charge < -0.3 is 10.4 Å². The number of carbonyl (C=O) groups excluding carboxylic acids is 1. The molecule has 1 aliphatic carbocycles. The molecular formula is C11H13NO3S. The minimum Gasteiger partial charge on any atom is -0.481 e. The monoisotopic (exact) mass is 239 g/mol. The molecule has 0 radical (unpaired) electrons. The molecule has 16 heavy (non-hydrogen) atoms. The number of carboxylic acids is 1. The van der Waals surface area contributed by atoms with Crippen molar-refractivity contribution in [3.8, 4) is 0 Å². The van der Waals surface area contributed by atoms with E-state index in [1.54, 1.807) is 11.4 Å². The molecule has 1 aromatic rings. The van der Waals surface area contributed by atoms with Gasteiger partial charge in [-0.3, -0.25) is 9.59 Å². The van der Waals surface area contributed by atoms with Crippen LogP contribution in [0.4, 0.5) is 0 Å². The first kappa shape index (κ1) is 11.1. The molecule has 1 aromatic heterocycles. The number of amides is 1. The van der Waals surface area contributed by atoms with Gasteiger partial charge in [-0.2, -0.15) is 11.3 Å². The first-order valence-corrected chi connectivity index (χ1v) is 6.12. The van der Waals surface area contributed by atoms with E-state index in [4.69, 9.17) is 5.11 Å². The van der Waals surface area contributed by atoms with Gasteiger partial charge in [0.05, 0.1) is 17.5 Å². The molecular weight excluding hydrogens is 226 g/mol. The standard InChI is InChI=1S/C11H13NO3S/c13-9(14)6-11(3-1-4-11)12-10(15)8-2-5-16-7-8/h2,5,7H,1,3-4,6H2,(H,12,15)(H,13,14). The molecule has 1 amide bonds. The normalized spacial score (nSPS) is 17.5. The van der Waals surface area contributed by atoms with Crippen LogP contribution in [0.15, 0.2) is 16.8 Å². The fourth-order valence-corrected chi connectivity index (χ4v) is 2.58. The summed E-state index contributed by atoms with van der Waals surface area (Å²) in [6.45, 7) is 0. The Labute approximate surface area is 97.3 Å². The van der Waals surface area contributed by atoms with E-state index < -0.39 is 11.5 Å². The Kier molecular flexibility index (Phi) is 2.96. The molecule has 4 nitrogen and oxygen atoms in total.